The van der Waals surface area contributed by atoms with Gasteiger partial charge in [-0.2, -0.15) is 13.2 Å². The van der Waals surface area contributed by atoms with Gasteiger partial charge in [0.05, 0.1) is 5.56 Å². The van der Waals surface area contributed by atoms with Crippen LogP contribution in [0.5, 0.6) is 0 Å². The molecule has 2 amide bonds. The molecule has 1 aromatic heterocycles. The van der Waals surface area contributed by atoms with E-state index in [-0.39, 0.29) is 12.6 Å². The average molecular weight is 411 g/mol. The van der Waals surface area contributed by atoms with Crippen LogP contribution in [0.3, 0.4) is 0 Å². The Bertz CT molecular complexity index is 756. The van der Waals surface area contributed by atoms with Crippen molar-refractivity contribution in [3.8, 4) is 0 Å². The number of hydrogen-bond acceptors (Lipinski definition) is 3. The van der Waals surface area contributed by atoms with Gasteiger partial charge in [0.1, 0.15) is 0 Å². The number of carbonyl (C=O) groups excluding carboxylic acids is 1. The van der Waals surface area contributed by atoms with Crippen LogP contribution in [-0.4, -0.2) is 30.6 Å². The molecule has 2 heterocycles. The minimum absolute atomic E-state index is 0.0645. The molecule has 0 spiro atoms. The van der Waals surface area contributed by atoms with E-state index in [2.05, 4.69) is 33.0 Å². The summed E-state index contributed by atoms with van der Waals surface area (Å²) in [6.07, 6.45) is -2.32. The molecule has 8 heteroatoms. The second-order valence-electron chi connectivity index (χ2n) is 7.06. The fraction of sp³-hybridized carbons (Fsp3) is 0.450. The molecule has 28 heavy (non-hydrogen) atoms. The molecule has 1 aliphatic rings. The number of amides is 2. The fourth-order valence-electron chi connectivity index (χ4n) is 3.31. The third kappa shape index (κ3) is 6.24. The lowest BCUT2D eigenvalue weighted by Crippen LogP contribution is -2.41. The van der Waals surface area contributed by atoms with Crippen LogP contribution in [0, 0.1) is 5.92 Å². The Hall–Kier alpha value is -2.06. The highest BCUT2D eigenvalue weighted by atomic mass is 32.1. The second-order valence-corrected chi connectivity index (χ2v) is 8.09. The van der Waals surface area contributed by atoms with E-state index in [0.717, 1.165) is 44.6 Å². The molecule has 1 aromatic carbocycles. The van der Waals surface area contributed by atoms with Crippen LogP contribution >= 0.6 is 11.3 Å². The Balaban J connectivity index is 1.35. The van der Waals surface area contributed by atoms with Gasteiger partial charge in [0.2, 0.25) is 0 Å². The predicted molar refractivity (Wildman–Crippen MR) is 104 cm³/mol. The Kier molecular flexibility index (Phi) is 6.96. The summed E-state index contributed by atoms with van der Waals surface area (Å²) in [5.74, 6) is 0.430. The van der Waals surface area contributed by atoms with Gasteiger partial charge in [-0.3, -0.25) is 4.90 Å². The lowest BCUT2D eigenvalue weighted by Gasteiger charge is -2.31. The van der Waals surface area contributed by atoms with Crippen molar-refractivity contribution in [3.63, 3.8) is 0 Å². The minimum atomic E-state index is -4.38. The number of benzene rings is 1. The summed E-state index contributed by atoms with van der Waals surface area (Å²) < 4.78 is 38.2. The van der Waals surface area contributed by atoms with Crippen molar-refractivity contribution in [3.05, 3.63) is 57.8 Å². The molecule has 3 rings (SSSR count). The van der Waals surface area contributed by atoms with E-state index in [1.807, 2.05) is 0 Å². The quantitative estimate of drug-likeness (QED) is 0.736. The lowest BCUT2D eigenvalue weighted by atomic mass is 9.97. The van der Waals surface area contributed by atoms with Crippen LogP contribution in [0.15, 0.2) is 41.8 Å². The standard InChI is InChI=1S/C20H24F3N3OS/c21-20(22,23)17-4-1-3-16(11-17)13-25-19(27)24-12-15-6-8-26(9-7-15)14-18-5-2-10-28-18/h1-5,10-11,15H,6-9,12-14H2,(H2,24,25,27). The third-order valence-corrected chi connectivity index (χ3v) is 5.79. The predicted octanol–water partition coefficient (Wildman–Crippen LogP) is 4.48. The van der Waals surface area contributed by atoms with Gasteiger partial charge >= 0.3 is 12.2 Å². The molecule has 2 aromatic rings. The van der Waals surface area contributed by atoms with Gasteiger partial charge in [-0.1, -0.05) is 18.2 Å². The number of thiophene rings is 1. The van der Waals surface area contributed by atoms with Gasteiger partial charge in [-0.05, 0) is 61.0 Å². The SMILES string of the molecule is O=C(NCc1cccc(C(F)(F)F)c1)NCC1CCN(Cc2cccs2)CC1. The Morgan fingerprint density at radius 1 is 1.14 bits per heavy atom. The van der Waals surface area contributed by atoms with Crippen molar-refractivity contribution in [2.75, 3.05) is 19.6 Å². The first kappa shape index (κ1) is 20.7. The van der Waals surface area contributed by atoms with Crippen molar-refractivity contribution in [2.24, 2.45) is 5.92 Å². The number of nitrogens with zero attached hydrogens (tertiary/aromatic N) is 1. The molecule has 0 atom stereocenters. The van der Waals surface area contributed by atoms with Gasteiger partial charge in [-0.15, -0.1) is 11.3 Å². The number of halogens is 3. The molecule has 1 aliphatic heterocycles. The summed E-state index contributed by atoms with van der Waals surface area (Å²) in [6, 6.07) is 8.86. The number of alkyl halides is 3. The smallest absolute Gasteiger partial charge is 0.338 e. The van der Waals surface area contributed by atoms with E-state index in [9.17, 15) is 18.0 Å². The fourth-order valence-corrected chi connectivity index (χ4v) is 4.06. The molecule has 0 radical (unpaired) electrons. The highest BCUT2D eigenvalue weighted by Gasteiger charge is 2.30. The minimum Gasteiger partial charge on any atom is -0.338 e. The summed E-state index contributed by atoms with van der Waals surface area (Å²) in [5, 5.41) is 7.56. The molecule has 1 saturated heterocycles. The van der Waals surface area contributed by atoms with Crippen LogP contribution in [0.1, 0.15) is 28.8 Å². The van der Waals surface area contributed by atoms with Crippen molar-refractivity contribution in [1.29, 1.82) is 0 Å². The van der Waals surface area contributed by atoms with Crippen molar-refractivity contribution >= 4 is 17.4 Å². The second kappa shape index (κ2) is 9.43. The maximum atomic E-state index is 12.7. The van der Waals surface area contributed by atoms with Crippen LogP contribution in [0.2, 0.25) is 0 Å². The van der Waals surface area contributed by atoms with Crippen molar-refractivity contribution < 1.29 is 18.0 Å². The Labute approximate surface area is 166 Å². The zero-order valence-corrected chi connectivity index (χ0v) is 16.3. The molecule has 0 unspecified atom stereocenters. The zero-order chi connectivity index (χ0) is 20.0. The van der Waals surface area contributed by atoms with Gasteiger partial charge in [0.25, 0.3) is 0 Å². The number of rotatable bonds is 6. The van der Waals surface area contributed by atoms with E-state index in [0.29, 0.717) is 18.0 Å². The number of likely N-dealkylation sites (tertiary alicyclic amines) is 1. The first-order valence-electron chi connectivity index (χ1n) is 9.33. The molecular formula is C20H24F3N3OS. The molecule has 0 bridgehead atoms. The third-order valence-electron chi connectivity index (χ3n) is 4.93. The first-order chi connectivity index (χ1) is 13.4. The maximum Gasteiger partial charge on any atom is 0.416 e. The number of carbonyl (C=O) groups is 1. The molecule has 152 valence electrons. The Morgan fingerprint density at radius 3 is 2.61 bits per heavy atom. The van der Waals surface area contributed by atoms with Gasteiger partial charge < -0.3 is 10.6 Å². The van der Waals surface area contributed by atoms with E-state index in [4.69, 9.17) is 0 Å². The van der Waals surface area contributed by atoms with Gasteiger partial charge in [0, 0.05) is 24.5 Å². The van der Waals surface area contributed by atoms with Gasteiger partial charge in [0.15, 0.2) is 0 Å². The number of nitrogens with one attached hydrogen (secondary N) is 2. The summed E-state index contributed by atoms with van der Waals surface area (Å²) in [4.78, 5) is 15.8. The van der Waals surface area contributed by atoms with Crippen LogP contribution in [0.25, 0.3) is 0 Å². The van der Waals surface area contributed by atoms with Crippen LogP contribution in [-0.2, 0) is 19.3 Å². The molecule has 0 saturated carbocycles. The molecule has 4 nitrogen and oxygen atoms in total. The lowest BCUT2D eigenvalue weighted by molar-refractivity contribution is -0.137. The summed E-state index contributed by atoms with van der Waals surface area (Å²) in [7, 11) is 0. The van der Waals surface area contributed by atoms with Crippen molar-refractivity contribution in [1.82, 2.24) is 15.5 Å². The first-order valence-corrected chi connectivity index (χ1v) is 10.2. The molecule has 2 N–H and O–H groups in total. The van der Waals surface area contributed by atoms with Gasteiger partial charge in [-0.25, -0.2) is 4.79 Å². The van der Waals surface area contributed by atoms with E-state index >= 15 is 0 Å². The topological polar surface area (TPSA) is 44.4 Å². The maximum absolute atomic E-state index is 12.7. The molecule has 1 fully saturated rings. The van der Waals surface area contributed by atoms with E-state index in [1.54, 1.807) is 17.4 Å². The number of piperidine rings is 1. The summed E-state index contributed by atoms with van der Waals surface area (Å²) >= 11 is 1.77. The summed E-state index contributed by atoms with van der Waals surface area (Å²) in [6.45, 7) is 3.65. The highest BCUT2D eigenvalue weighted by molar-refractivity contribution is 7.09. The average Bonchev–Trinajstić information content (AvgIpc) is 3.18. The van der Waals surface area contributed by atoms with Crippen LogP contribution < -0.4 is 10.6 Å². The number of urea groups is 1. The van der Waals surface area contributed by atoms with E-state index < -0.39 is 11.7 Å². The molecule has 0 aliphatic carbocycles. The largest absolute Gasteiger partial charge is 0.416 e. The Morgan fingerprint density at radius 2 is 1.93 bits per heavy atom. The highest BCUT2D eigenvalue weighted by Crippen LogP contribution is 2.29. The normalized spacial score (nSPS) is 16.1. The van der Waals surface area contributed by atoms with Crippen LogP contribution in [0.4, 0.5) is 18.0 Å². The van der Waals surface area contributed by atoms with E-state index in [1.165, 1.54) is 10.9 Å². The monoisotopic (exact) mass is 411 g/mol. The van der Waals surface area contributed by atoms with Crippen molar-refractivity contribution in [2.45, 2.75) is 32.1 Å². The summed E-state index contributed by atoms with van der Waals surface area (Å²) in [5.41, 5.74) is -0.284. The number of hydrogen-bond donors (Lipinski definition) is 2. The molecular weight excluding hydrogens is 387 g/mol. The zero-order valence-electron chi connectivity index (χ0n) is 15.5.